The second-order valence-electron chi connectivity index (χ2n) is 8.66. The van der Waals surface area contributed by atoms with E-state index in [1.165, 1.54) is 12.8 Å². The third kappa shape index (κ3) is 5.34. The number of nitrogens with one attached hydrogen (secondary N) is 1. The minimum atomic E-state index is -0.0383. The van der Waals surface area contributed by atoms with E-state index >= 15 is 0 Å². The molecular formula is C23H35N3O2. The molecule has 1 aromatic rings. The zero-order chi connectivity index (χ0) is 19.9. The zero-order valence-corrected chi connectivity index (χ0v) is 17.4. The second kappa shape index (κ2) is 10.1. The molecule has 1 atom stereocenters. The fourth-order valence-electron chi connectivity index (χ4n) is 4.51. The van der Waals surface area contributed by atoms with Gasteiger partial charge in [-0.1, -0.05) is 44.9 Å². The van der Waals surface area contributed by atoms with Crippen LogP contribution in [-0.2, 0) is 4.79 Å². The highest BCUT2D eigenvalue weighted by molar-refractivity contribution is 5.94. The lowest BCUT2D eigenvalue weighted by Gasteiger charge is -2.40. The molecule has 1 saturated carbocycles. The number of nitrogens with zero attached hydrogens (tertiary/aromatic N) is 2. The Bertz CT molecular complexity index is 633. The van der Waals surface area contributed by atoms with E-state index in [1.807, 2.05) is 35.2 Å². The summed E-state index contributed by atoms with van der Waals surface area (Å²) >= 11 is 0. The van der Waals surface area contributed by atoms with Crippen LogP contribution in [0, 0.1) is 11.8 Å². The van der Waals surface area contributed by atoms with Crippen molar-refractivity contribution in [1.29, 1.82) is 0 Å². The van der Waals surface area contributed by atoms with Crippen LogP contribution in [0.5, 0.6) is 0 Å². The number of hydrogen-bond acceptors (Lipinski definition) is 3. The van der Waals surface area contributed by atoms with E-state index in [-0.39, 0.29) is 17.9 Å². The van der Waals surface area contributed by atoms with Gasteiger partial charge >= 0.3 is 0 Å². The van der Waals surface area contributed by atoms with Crippen molar-refractivity contribution in [2.24, 2.45) is 11.8 Å². The Kier molecular flexibility index (Phi) is 7.49. The minimum absolute atomic E-state index is 0.0383. The predicted octanol–water partition coefficient (Wildman–Crippen LogP) is 3.17. The monoisotopic (exact) mass is 385 g/mol. The first kappa shape index (κ1) is 20.8. The van der Waals surface area contributed by atoms with Crippen molar-refractivity contribution in [3.8, 4) is 0 Å². The first-order valence-corrected chi connectivity index (χ1v) is 10.9. The summed E-state index contributed by atoms with van der Waals surface area (Å²) in [6.07, 6.45) is 5.76. The summed E-state index contributed by atoms with van der Waals surface area (Å²) < 4.78 is 0. The van der Waals surface area contributed by atoms with Crippen LogP contribution in [0.1, 0.15) is 56.3 Å². The lowest BCUT2D eigenvalue weighted by atomic mass is 9.94. The van der Waals surface area contributed by atoms with E-state index < -0.39 is 0 Å². The van der Waals surface area contributed by atoms with Crippen LogP contribution in [0.25, 0.3) is 0 Å². The second-order valence-corrected chi connectivity index (χ2v) is 8.66. The molecule has 0 aromatic heterocycles. The molecule has 3 rings (SSSR count). The Morgan fingerprint density at radius 3 is 2.29 bits per heavy atom. The summed E-state index contributed by atoms with van der Waals surface area (Å²) in [5.41, 5.74) is 0.745. The average Bonchev–Trinajstić information content (AvgIpc) is 3.23. The van der Waals surface area contributed by atoms with Crippen molar-refractivity contribution in [2.75, 3.05) is 32.7 Å². The van der Waals surface area contributed by atoms with E-state index in [4.69, 9.17) is 0 Å². The molecular weight excluding hydrogens is 350 g/mol. The highest BCUT2D eigenvalue weighted by Crippen LogP contribution is 2.31. The largest absolute Gasteiger partial charge is 0.355 e. The molecule has 0 radical (unpaired) electrons. The van der Waals surface area contributed by atoms with Gasteiger partial charge < -0.3 is 10.2 Å². The van der Waals surface area contributed by atoms with Crippen LogP contribution in [0.3, 0.4) is 0 Å². The van der Waals surface area contributed by atoms with Gasteiger partial charge in [0.1, 0.15) is 0 Å². The molecule has 5 nitrogen and oxygen atoms in total. The summed E-state index contributed by atoms with van der Waals surface area (Å²) in [6.45, 7) is 8.06. The van der Waals surface area contributed by atoms with Crippen molar-refractivity contribution < 1.29 is 9.59 Å². The fraction of sp³-hybridized carbons (Fsp3) is 0.652. The van der Waals surface area contributed by atoms with Crippen molar-refractivity contribution >= 4 is 11.8 Å². The van der Waals surface area contributed by atoms with Gasteiger partial charge in [-0.3, -0.25) is 14.5 Å². The Morgan fingerprint density at radius 2 is 1.68 bits per heavy atom. The Balaban J connectivity index is 1.59. The van der Waals surface area contributed by atoms with Crippen molar-refractivity contribution in [2.45, 2.75) is 52.0 Å². The van der Waals surface area contributed by atoms with Crippen LogP contribution in [0.4, 0.5) is 0 Å². The van der Waals surface area contributed by atoms with Gasteiger partial charge in [-0.15, -0.1) is 0 Å². The van der Waals surface area contributed by atoms with Gasteiger partial charge in [0.2, 0.25) is 5.91 Å². The van der Waals surface area contributed by atoms with Gasteiger partial charge in [0.25, 0.3) is 5.91 Å². The SMILES string of the molecule is CC(C)CCNC(=O)C(C1CCCC1)N1CCN(C(=O)c2ccccc2)CC1. The molecule has 1 saturated heterocycles. The summed E-state index contributed by atoms with van der Waals surface area (Å²) in [7, 11) is 0. The number of amides is 2. The average molecular weight is 386 g/mol. The summed E-state index contributed by atoms with van der Waals surface area (Å²) in [5.74, 6) is 1.34. The first-order valence-electron chi connectivity index (χ1n) is 10.9. The van der Waals surface area contributed by atoms with Crippen LogP contribution < -0.4 is 5.32 Å². The number of hydrogen-bond donors (Lipinski definition) is 1. The molecule has 0 bridgehead atoms. The van der Waals surface area contributed by atoms with Gasteiger partial charge in [-0.2, -0.15) is 0 Å². The molecule has 1 N–H and O–H groups in total. The van der Waals surface area contributed by atoms with Crippen LogP contribution in [0.2, 0.25) is 0 Å². The van der Waals surface area contributed by atoms with Gasteiger partial charge in [0, 0.05) is 38.3 Å². The van der Waals surface area contributed by atoms with Gasteiger partial charge in [0.05, 0.1) is 6.04 Å². The van der Waals surface area contributed by atoms with E-state index in [0.717, 1.165) is 44.5 Å². The van der Waals surface area contributed by atoms with E-state index in [9.17, 15) is 9.59 Å². The number of piperazine rings is 1. The summed E-state index contributed by atoms with van der Waals surface area (Å²) in [5, 5.41) is 3.19. The zero-order valence-electron chi connectivity index (χ0n) is 17.4. The normalized spacial score (nSPS) is 19.8. The lowest BCUT2D eigenvalue weighted by molar-refractivity contribution is -0.129. The fourth-order valence-corrected chi connectivity index (χ4v) is 4.51. The molecule has 1 heterocycles. The van der Waals surface area contributed by atoms with Crippen molar-refractivity contribution in [3.05, 3.63) is 35.9 Å². The highest BCUT2D eigenvalue weighted by atomic mass is 16.2. The number of rotatable bonds is 7. The maximum Gasteiger partial charge on any atom is 0.253 e. The molecule has 0 spiro atoms. The van der Waals surface area contributed by atoms with E-state index in [0.29, 0.717) is 24.9 Å². The van der Waals surface area contributed by atoms with E-state index in [2.05, 4.69) is 24.1 Å². The molecule has 154 valence electrons. The molecule has 2 fully saturated rings. The molecule has 1 unspecified atom stereocenters. The molecule has 1 aliphatic heterocycles. The van der Waals surface area contributed by atoms with Gasteiger partial charge in [-0.25, -0.2) is 0 Å². The highest BCUT2D eigenvalue weighted by Gasteiger charge is 2.37. The number of carbonyl (C=O) groups is 2. The van der Waals surface area contributed by atoms with Crippen LogP contribution >= 0.6 is 0 Å². The maximum atomic E-state index is 13.0. The standard InChI is InChI=1S/C23H35N3O2/c1-18(2)12-13-24-22(27)21(19-8-6-7-9-19)25-14-16-26(17-15-25)23(28)20-10-4-3-5-11-20/h3-5,10-11,18-19,21H,6-9,12-17H2,1-2H3,(H,24,27). The predicted molar refractivity (Wildman–Crippen MR) is 112 cm³/mol. The van der Waals surface area contributed by atoms with E-state index in [1.54, 1.807) is 0 Å². The summed E-state index contributed by atoms with van der Waals surface area (Å²) in [6, 6.07) is 9.45. The summed E-state index contributed by atoms with van der Waals surface area (Å²) in [4.78, 5) is 30.0. The lowest BCUT2D eigenvalue weighted by Crippen LogP contribution is -2.58. The van der Waals surface area contributed by atoms with Crippen molar-refractivity contribution in [1.82, 2.24) is 15.1 Å². The third-order valence-corrected chi connectivity index (χ3v) is 6.15. The van der Waals surface area contributed by atoms with Gasteiger partial charge in [-0.05, 0) is 43.2 Å². The topological polar surface area (TPSA) is 52.7 Å². The Hall–Kier alpha value is -1.88. The smallest absolute Gasteiger partial charge is 0.253 e. The van der Waals surface area contributed by atoms with Gasteiger partial charge in [0.15, 0.2) is 0 Å². The van der Waals surface area contributed by atoms with Crippen molar-refractivity contribution in [3.63, 3.8) is 0 Å². The Labute approximate surface area is 169 Å². The third-order valence-electron chi connectivity index (χ3n) is 6.15. The number of carbonyl (C=O) groups excluding carboxylic acids is 2. The molecule has 1 aliphatic carbocycles. The molecule has 2 aliphatic rings. The molecule has 5 heteroatoms. The number of benzene rings is 1. The maximum absolute atomic E-state index is 13.0. The van der Waals surface area contributed by atoms with Crippen LogP contribution in [0.15, 0.2) is 30.3 Å². The minimum Gasteiger partial charge on any atom is -0.355 e. The first-order chi connectivity index (χ1) is 13.6. The van der Waals surface area contributed by atoms with Crippen LogP contribution in [-0.4, -0.2) is 60.4 Å². The molecule has 2 amide bonds. The Morgan fingerprint density at radius 1 is 1.04 bits per heavy atom. The molecule has 1 aromatic carbocycles. The molecule has 28 heavy (non-hydrogen) atoms. The quantitative estimate of drug-likeness (QED) is 0.784.